The van der Waals surface area contributed by atoms with Gasteiger partial charge in [0, 0.05) is 69.4 Å². The maximum absolute atomic E-state index is 14.9. The van der Waals surface area contributed by atoms with Crippen LogP contribution in [0.3, 0.4) is 0 Å². The maximum Gasteiger partial charge on any atom is 0.307 e. The molecule has 0 bridgehead atoms. The predicted octanol–water partition coefficient (Wildman–Crippen LogP) is 14.4. The second kappa shape index (κ2) is 34.9. The zero-order chi connectivity index (χ0) is 84.7. The number of amides is 4. The molecule has 4 aromatic rings. The number of ketones is 2. The normalized spacial score (nSPS) is 29.4. The van der Waals surface area contributed by atoms with Gasteiger partial charge < -0.3 is 38.2 Å². The van der Waals surface area contributed by atoms with Gasteiger partial charge >= 0.3 is 11.9 Å². The maximum atomic E-state index is 14.9. The van der Waals surface area contributed by atoms with Crippen molar-refractivity contribution in [2.75, 3.05) is 26.3 Å². The summed E-state index contributed by atoms with van der Waals surface area (Å²) in [4.78, 5) is 125. The molecular weight excluding hydrogens is 1590 g/mol. The second-order valence-corrected chi connectivity index (χ2v) is 41.2. The van der Waals surface area contributed by atoms with Crippen LogP contribution in [-0.4, -0.2) is 168 Å². The molecule has 8 aliphatic rings. The lowest BCUT2D eigenvalue weighted by Crippen LogP contribution is -2.48. The van der Waals surface area contributed by atoms with Crippen molar-refractivity contribution in [3.05, 3.63) is 82.9 Å². The van der Waals surface area contributed by atoms with Crippen LogP contribution in [0.1, 0.15) is 199 Å². The van der Waals surface area contributed by atoms with E-state index in [2.05, 4.69) is 33.3 Å². The Morgan fingerprint density at radius 2 is 0.922 bits per heavy atom. The van der Waals surface area contributed by atoms with Crippen LogP contribution in [-0.2, 0) is 67.9 Å². The first-order valence-electron chi connectivity index (χ1n) is 40.1. The van der Waals surface area contributed by atoms with Gasteiger partial charge in [0.25, 0.3) is 12.9 Å². The van der Waals surface area contributed by atoms with Gasteiger partial charge in [-0.15, -0.1) is 0 Å². The smallest absolute Gasteiger partial charge is 0.307 e. The number of hydrogen-bond acceptors (Lipinski definition) is 20. The number of esters is 2. The largest absolute Gasteiger partial charge is 0.472 e. The average Bonchev–Trinajstić information content (AvgIpc) is 1.57. The molecule has 4 aliphatic heterocycles. The van der Waals surface area contributed by atoms with Crippen LogP contribution in [0.25, 0.3) is 21.5 Å². The number of benzene rings is 2. The molecule has 0 radical (unpaired) electrons. The number of hydrogen-bond donors (Lipinski definition) is 2. The van der Waals surface area contributed by atoms with Crippen molar-refractivity contribution in [2.24, 2.45) is 58.2 Å². The molecule has 12 rings (SSSR count). The minimum atomic E-state index is -4.01. The number of rotatable bonds is 20. The van der Waals surface area contributed by atoms with Crippen molar-refractivity contribution in [3.8, 4) is 23.5 Å². The molecule has 0 spiro atoms. The molecule has 2 N–H and O–H groups in total. The minimum Gasteiger partial charge on any atom is -0.472 e. The van der Waals surface area contributed by atoms with Gasteiger partial charge in [0.05, 0.1) is 70.2 Å². The van der Waals surface area contributed by atoms with Crippen molar-refractivity contribution in [1.82, 2.24) is 29.2 Å². The minimum absolute atomic E-state index is 0.00794. The van der Waals surface area contributed by atoms with E-state index in [1.165, 1.54) is 21.9 Å². The lowest BCUT2D eigenvalue weighted by molar-refractivity contribution is -0.160. The highest BCUT2D eigenvalue weighted by Crippen LogP contribution is 2.59. The number of alkyl halides is 4. The summed E-state index contributed by atoms with van der Waals surface area (Å²) in [6.45, 7) is 19.5. The van der Waals surface area contributed by atoms with Gasteiger partial charge in [-0.2, -0.15) is 9.97 Å². The quantitative estimate of drug-likeness (QED) is 0.0472. The number of ether oxygens (including phenoxy) is 6. The van der Waals surface area contributed by atoms with Crippen molar-refractivity contribution in [3.63, 3.8) is 0 Å². The highest BCUT2D eigenvalue weighted by atomic mass is 35.5. The number of fused-ring (bicyclic) bond motifs is 6. The van der Waals surface area contributed by atoms with Crippen molar-refractivity contribution < 1.29 is 101 Å². The third kappa shape index (κ3) is 21.1. The number of allylic oxidation sites excluding steroid dienone is 4. The zero-order valence-corrected chi connectivity index (χ0v) is 70.9. The van der Waals surface area contributed by atoms with E-state index in [0.29, 0.717) is 83.0 Å². The number of carbonyl (C=O) groups excluding carboxylic acids is 8. The van der Waals surface area contributed by atoms with Gasteiger partial charge in [0.1, 0.15) is 23.4 Å². The monoisotopic (exact) mass is 1700 g/mol. The third-order valence-corrected chi connectivity index (χ3v) is 29.0. The summed E-state index contributed by atoms with van der Waals surface area (Å²) in [5.74, 6) is -7.58. The van der Waals surface area contributed by atoms with Crippen LogP contribution in [0, 0.1) is 58.2 Å². The lowest BCUT2D eigenvalue weighted by atomic mass is 9.82. The van der Waals surface area contributed by atoms with Crippen LogP contribution in [0.5, 0.6) is 23.5 Å². The molecule has 32 heteroatoms. The molecule has 6 fully saturated rings. The Labute approximate surface area is 685 Å². The van der Waals surface area contributed by atoms with E-state index in [1.54, 1.807) is 91.8 Å². The van der Waals surface area contributed by atoms with Crippen LogP contribution in [0.2, 0.25) is 10.0 Å². The Bertz CT molecular complexity index is 4430. The SMILES string of the molecule is C[C@@H]1CC/C=C\[C@@H]2C[C@@]2(C(=O)NS(=O)(=O)C2(C)CC2)CC(=O)[C@@H]2C[C@@H](Oc3nc(OCC(F)F)cc4c(Cl)cccc34)CN2C(=O)[C@@H](CC(=O)OC(C)(C)C)[C@H](C)C1.C[C@H]1CC/C=C\[C@@H]2C[C@@]2(C(=O)NS(=O)(=O)C2(C)CC2)CC(=O)[C@@H]2C[C@@H](Oc3nc(OCC(F)F)cc4c(Cl)cccc34)CN2C(=O)[C@@H](CC(=O)OC(C)(C)C)[C@H](C)C1. The average molecular weight is 1700 g/mol. The number of aromatic nitrogens is 2. The third-order valence-electron chi connectivity index (χ3n) is 24.0. The van der Waals surface area contributed by atoms with E-state index in [-0.39, 0.29) is 112 Å². The van der Waals surface area contributed by atoms with Crippen LogP contribution >= 0.6 is 23.2 Å². The highest BCUT2D eigenvalue weighted by molar-refractivity contribution is 7.92. The number of pyridine rings is 2. The predicted molar refractivity (Wildman–Crippen MR) is 426 cm³/mol. The van der Waals surface area contributed by atoms with Crippen LogP contribution in [0.15, 0.2) is 72.8 Å². The molecular formula is C84H108Cl2F4N6O18S2. The summed E-state index contributed by atoms with van der Waals surface area (Å²) < 4.78 is 143. The van der Waals surface area contributed by atoms with E-state index >= 15 is 0 Å². The topological polar surface area (TPSA) is 317 Å². The number of halogens is 6. The Kier molecular flexibility index (Phi) is 26.8. The van der Waals surface area contributed by atoms with Crippen LogP contribution in [0.4, 0.5) is 17.6 Å². The van der Waals surface area contributed by atoms with Gasteiger partial charge in [0.2, 0.25) is 67.2 Å². The Morgan fingerprint density at radius 1 is 0.560 bits per heavy atom. The molecule has 2 aromatic carbocycles. The molecule has 0 unspecified atom stereocenters. The molecule has 6 heterocycles. The van der Waals surface area contributed by atoms with E-state index in [9.17, 15) is 72.8 Å². The standard InChI is InChI=1S/2C42H54ClF2N3O9S/c2*1-24-10-7-8-11-26-20-42(26,39(52)47-58(53,54)41(6)14-15-41)21-33(49)32-17-27(22-48(32)38(51)29(25(2)16-24)19-36(50)57-40(3,4)5)56-37-28-12-9-13-31(43)30(28)18-35(46-37)55-23-34(44)45/h2*8-9,11-13,18,24-27,29,32,34H,7,10,14-17,19-23H2,1-6H3,(H,47,52)/b2*11-8-/t24-,25+,26+,27+,29-,32-,42+;24-,25-,26-,27-,29+,32+,42-/m01/s1. The first kappa shape index (κ1) is 89.1. The summed E-state index contributed by atoms with van der Waals surface area (Å²) in [7, 11) is -8.02. The molecule has 4 saturated carbocycles. The van der Waals surface area contributed by atoms with Crippen LogP contribution < -0.4 is 28.4 Å². The first-order valence-corrected chi connectivity index (χ1v) is 43.9. The summed E-state index contributed by atoms with van der Waals surface area (Å²) >= 11 is 13.0. The first-order chi connectivity index (χ1) is 54.2. The van der Waals surface area contributed by atoms with Gasteiger partial charge in [-0.3, -0.25) is 47.8 Å². The summed E-state index contributed by atoms with van der Waals surface area (Å²) in [6.07, 6.45) is 5.55. The van der Waals surface area contributed by atoms with Gasteiger partial charge in [-0.05, 0) is 192 Å². The zero-order valence-electron chi connectivity index (χ0n) is 67.8. The molecule has 116 heavy (non-hydrogen) atoms. The van der Waals surface area contributed by atoms with E-state index < -0.39 is 173 Å². The molecule has 2 saturated heterocycles. The van der Waals surface area contributed by atoms with E-state index in [0.717, 1.165) is 12.8 Å². The van der Waals surface area contributed by atoms with E-state index in [1.807, 2.05) is 38.2 Å². The fourth-order valence-electron chi connectivity index (χ4n) is 16.6. The molecule has 4 amide bonds. The number of carbonyl (C=O) groups is 8. The van der Waals surface area contributed by atoms with E-state index in [4.69, 9.17) is 51.6 Å². The Hall–Kier alpha value is -7.70. The number of sulfonamides is 2. The summed E-state index contributed by atoms with van der Waals surface area (Å²) in [5, 5.41) is 2.32. The fraction of sp³-hybridized carbons (Fsp3) is 0.643. The lowest BCUT2D eigenvalue weighted by Gasteiger charge is -2.32. The van der Waals surface area contributed by atoms with Gasteiger partial charge in [-0.25, -0.2) is 34.4 Å². The molecule has 14 atom stereocenters. The fourth-order valence-corrected chi connectivity index (χ4v) is 19.7. The molecule has 4 aliphatic carbocycles. The number of nitrogens with one attached hydrogen (secondary N) is 2. The number of nitrogens with zero attached hydrogens (tertiary/aromatic N) is 4. The molecule has 2 aromatic heterocycles. The number of Topliss-reactive ketones (excluding diaryl/α,β-unsaturated/α-hetero) is 2. The van der Waals surface area contributed by atoms with Gasteiger partial charge in [-0.1, -0.05) is 87.3 Å². The van der Waals surface area contributed by atoms with Crippen molar-refractivity contribution in [2.45, 2.75) is 256 Å². The Balaban J connectivity index is 0.000000228. The summed E-state index contributed by atoms with van der Waals surface area (Å²) in [5.41, 5.74) is -4.31. The Morgan fingerprint density at radius 3 is 1.26 bits per heavy atom. The highest BCUT2D eigenvalue weighted by Gasteiger charge is 2.65. The second-order valence-electron chi connectivity index (χ2n) is 36.0. The van der Waals surface area contributed by atoms with Gasteiger partial charge in [0.15, 0.2) is 24.8 Å². The molecule has 636 valence electrons. The van der Waals surface area contributed by atoms with Crippen molar-refractivity contribution >= 4 is 112 Å². The van der Waals surface area contributed by atoms with Crippen molar-refractivity contribution in [1.29, 1.82) is 0 Å². The summed E-state index contributed by atoms with van der Waals surface area (Å²) in [6, 6.07) is 10.6. The molecule has 24 nitrogen and oxygen atoms in total.